The summed E-state index contributed by atoms with van der Waals surface area (Å²) in [4.78, 5) is 29.0. The number of primary amides is 2. The Labute approximate surface area is 140 Å². The summed E-state index contributed by atoms with van der Waals surface area (Å²) in [7, 11) is 0. The zero-order valence-corrected chi connectivity index (χ0v) is 10.7. The van der Waals surface area contributed by atoms with Crippen molar-refractivity contribution in [3.63, 3.8) is 0 Å². The number of hydrogen-bond acceptors (Lipinski definition) is 5. The van der Waals surface area contributed by atoms with Crippen LogP contribution in [0.4, 0.5) is 0 Å². The van der Waals surface area contributed by atoms with E-state index >= 15 is 0 Å². The fourth-order valence-electron chi connectivity index (χ4n) is 0.461. The summed E-state index contributed by atoms with van der Waals surface area (Å²) < 4.78 is 0. The summed E-state index contributed by atoms with van der Waals surface area (Å²) in [6.07, 6.45) is 3.25. The van der Waals surface area contributed by atoms with Gasteiger partial charge in [0.25, 0.3) is 0 Å². The molecule has 9 heteroatoms. The summed E-state index contributed by atoms with van der Waals surface area (Å²) in [5.41, 5.74) is 19.3. The molecule has 0 fully saturated rings. The van der Waals surface area contributed by atoms with E-state index in [1.807, 2.05) is 0 Å². The molecule has 0 bridgehead atoms. The zero-order valence-electron chi connectivity index (χ0n) is 10.7. The number of aliphatic carboxylic acids is 1. The van der Waals surface area contributed by atoms with Crippen LogP contribution in [0.1, 0.15) is 12.8 Å². The molecule has 20 heavy (non-hydrogen) atoms. The van der Waals surface area contributed by atoms with Crippen LogP contribution in [0.15, 0.2) is 25.3 Å². The van der Waals surface area contributed by atoms with Crippen molar-refractivity contribution in [3.8, 4) is 0 Å². The van der Waals surface area contributed by atoms with Gasteiger partial charge < -0.3 is 28.0 Å². The molecule has 0 saturated heterocycles. The predicted molar refractivity (Wildman–Crippen MR) is 79.8 cm³/mol. The molecule has 1 unspecified atom stereocenters. The molecule has 0 spiro atoms. The summed E-state index contributed by atoms with van der Waals surface area (Å²) in [6.45, 7) is 6.67. The van der Waals surface area contributed by atoms with Crippen LogP contribution in [0.3, 0.4) is 0 Å². The van der Waals surface area contributed by atoms with Gasteiger partial charge in [0.05, 0.1) is 0 Å². The van der Waals surface area contributed by atoms with Gasteiger partial charge in [-0.25, -0.2) is 0 Å². The Hall–Kier alpha value is -1.19. The van der Waals surface area contributed by atoms with E-state index in [1.165, 1.54) is 0 Å². The number of carboxylic acids is 1. The van der Waals surface area contributed by atoms with Crippen LogP contribution in [-0.4, -0.2) is 65.0 Å². The molecule has 0 heterocycles. The zero-order chi connectivity index (χ0) is 15.8. The van der Waals surface area contributed by atoms with Gasteiger partial charge in [0.15, 0.2) is 0 Å². The van der Waals surface area contributed by atoms with Crippen LogP contribution < -0.4 is 22.9 Å². The van der Waals surface area contributed by atoms with Gasteiger partial charge in [0.1, 0.15) is 6.04 Å². The van der Waals surface area contributed by atoms with E-state index in [-0.39, 0.29) is 29.6 Å². The normalized spacial score (nSPS) is 9.10. The molecule has 0 saturated carbocycles. The van der Waals surface area contributed by atoms with E-state index < -0.39 is 23.8 Å². The molecule has 0 aliphatic rings. The molecule has 1 atom stereocenters. The van der Waals surface area contributed by atoms with Crippen LogP contribution in [0.2, 0.25) is 0 Å². The number of carboxylic acid groups (broad SMARTS) is 1. The maximum atomic E-state index is 10.0. The van der Waals surface area contributed by atoms with Gasteiger partial charge in [-0.1, -0.05) is 13.2 Å². The number of carbonyl (C=O) groups is 3. The standard InChI is InChI=1S/C5H12N2O2.2C3H5NO.Na.H/c6-3-1-2-4(7)5(8)9;2*1-2-3(4)5;;/h4H,1-3,6-7H2,(H,8,9);2*2H,1H2,(H2,4,5);;. The van der Waals surface area contributed by atoms with Crippen molar-refractivity contribution < 1.29 is 19.5 Å². The summed E-state index contributed by atoms with van der Waals surface area (Å²) >= 11 is 0. The van der Waals surface area contributed by atoms with Crippen molar-refractivity contribution in [3.05, 3.63) is 25.3 Å². The first-order valence-corrected chi connectivity index (χ1v) is 5.25. The van der Waals surface area contributed by atoms with E-state index in [4.69, 9.17) is 16.6 Å². The fraction of sp³-hybridized carbons (Fsp3) is 0.364. The topological polar surface area (TPSA) is 176 Å². The molecule has 0 aliphatic heterocycles. The van der Waals surface area contributed by atoms with Crippen molar-refractivity contribution in [2.45, 2.75) is 18.9 Å². The van der Waals surface area contributed by atoms with Gasteiger partial charge >= 0.3 is 35.5 Å². The van der Waals surface area contributed by atoms with E-state index in [9.17, 15) is 14.4 Å². The van der Waals surface area contributed by atoms with Crippen molar-refractivity contribution in [2.24, 2.45) is 22.9 Å². The predicted octanol–water partition coefficient (Wildman–Crippen LogP) is -2.20. The molecule has 0 radical (unpaired) electrons. The summed E-state index contributed by atoms with van der Waals surface area (Å²) in [6, 6.07) is -0.742. The average Bonchev–Trinajstić information content (AvgIpc) is 2.36. The Morgan fingerprint density at radius 2 is 1.40 bits per heavy atom. The first-order chi connectivity index (χ1) is 8.72. The fourth-order valence-corrected chi connectivity index (χ4v) is 0.461. The SMILES string of the molecule is C=CC(N)=O.C=CC(N)=O.NCCCC(N)C(=O)O.[NaH]. The van der Waals surface area contributed by atoms with E-state index in [0.717, 1.165) is 12.2 Å². The van der Waals surface area contributed by atoms with Gasteiger partial charge in [0.2, 0.25) is 11.8 Å². The van der Waals surface area contributed by atoms with Crippen molar-refractivity contribution in [1.29, 1.82) is 0 Å². The number of nitrogens with two attached hydrogens (primary N) is 4. The monoisotopic (exact) mass is 298 g/mol. The molecule has 0 aliphatic carbocycles. The van der Waals surface area contributed by atoms with E-state index in [0.29, 0.717) is 19.4 Å². The number of hydrogen-bond donors (Lipinski definition) is 5. The Bertz CT molecular complexity index is 293. The number of amides is 2. The molecule has 0 aromatic rings. The number of rotatable bonds is 6. The van der Waals surface area contributed by atoms with E-state index in [2.05, 4.69) is 24.6 Å². The molecular formula is C11H23N4NaO4. The van der Waals surface area contributed by atoms with Crippen LogP contribution in [0.25, 0.3) is 0 Å². The van der Waals surface area contributed by atoms with Crippen LogP contribution >= 0.6 is 0 Å². The van der Waals surface area contributed by atoms with Gasteiger partial charge in [-0.2, -0.15) is 0 Å². The summed E-state index contributed by atoms with van der Waals surface area (Å²) in [5, 5.41) is 8.24. The van der Waals surface area contributed by atoms with Crippen molar-refractivity contribution in [1.82, 2.24) is 0 Å². The third-order valence-electron chi connectivity index (χ3n) is 1.44. The van der Waals surface area contributed by atoms with Crippen molar-refractivity contribution >= 4 is 47.3 Å². The molecule has 0 rings (SSSR count). The maximum absolute atomic E-state index is 10.0. The molecule has 0 aromatic heterocycles. The van der Waals surface area contributed by atoms with Gasteiger partial charge in [-0.3, -0.25) is 14.4 Å². The van der Waals surface area contributed by atoms with Gasteiger partial charge in [-0.15, -0.1) is 0 Å². The molecule has 2 amide bonds. The summed E-state index contributed by atoms with van der Waals surface area (Å²) in [5.74, 6) is -1.92. The second kappa shape index (κ2) is 20.1. The quantitative estimate of drug-likeness (QED) is 0.274. The van der Waals surface area contributed by atoms with Gasteiger partial charge in [0, 0.05) is 0 Å². The Balaban J connectivity index is -0.000000101. The van der Waals surface area contributed by atoms with E-state index in [1.54, 1.807) is 0 Å². The molecule has 112 valence electrons. The Kier molecular flexibility index (Phi) is 27.4. The third-order valence-corrected chi connectivity index (χ3v) is 1.44. The third kappa shape index (κ3) is 36.0. The number of carbonyl (C=O) groups excluding carboxylic acids is 2. The van der Waals surface area contributed by atoms with Gasteiger partial charge in [-0.05, 0) is 31.5 Å². The first-order valence-electron chi connectivity index (χ1n) is 5.25. The molecule has 8 nitrogen and oxygen atoms in total. The van der Waals surface area contributed by atoms with Crippen molar-refractivity contribution in [2.75, 3.05) is 6.54 Å². The molecule has 9 N–H and O–H groups in total. The minimum absolute atomic E-state index is 0. The van der Waals surface area contributed by atoms with Crippen LogP contribution in [0, 0.1) is 0 Å². The van der Waals surface area contributed by atoms with Crippen LogP contribution in [0.5, 0.6) is 0 Å². The second-order valence-electron chi connectivity index (χ2n) is 3.09. The Morgan fingerprint density at radius 3 is 1.55 bits per heavy atom. The molecular weight excluding hydrogens is 275 g/mol. The second-order valence-corrected chi connectivity index (χ2v) is 3.09. The molecule has 0 aromatic carbocycles. The van der Waals surface area contributed by atoms with Crippen LogP contribution in [-0.2, 0) is 14.4 Å². The Morgan fingerprint density at radius 1 is 1.10 bits per heavy atom. The average molecular weight is 298 g/mol. The minimum atomic E-state index is -0.955. The first kappa shape index (κ1) is 27.2.